The number of benzene rings is 2. The van der Waals surface area contributed by atoms with Gasteiger partial charge in [-0.25, -0.2) is 0 Å². The Bertz CT molecular complexity index is 685. The summed E-state index contributed by atoms with van der Waals surface area (Å²) in [6.07, 6.45) is 3.19. The molecule has 0 radical (unpaired) electrons. The molecule has 0 N–H and O–H groups in total. The molecule has 1 aliphatic heterocycles. The van der Waals surface area contributed by atoms with Gasteiger partial charge in [-0.2, -0.15) is 5.26 Å². The maximum absolute atomic E-state index is 9.04. The molecule has 0 aromatic heterocycles. The molecule has 2 aromatic carbocycles. The van der Waals surface area contributed by atoms with Gasteiger partial charge in [0.15, 0.2) is 0 Å². The number of nitrogens with zero attached hydrogens (tertiary/aromatic N) is 2. The van der Waals surface area contributed by atoms with Crippen molar-refractivity contribution in [2.24, 2.45) is 5.92 Å². The summed E-state index contributed by atoms with van der Waals surface area (Å²) in [5.74, 6) is 0.269. The number of piperidine rings is 1. The first-order chi connectivity index (χ1) is 9.86. The van der Waals surface area contributed by atoms with Crippen molar-refractivity contribution in [1.29, 1.82) is 5.26 Å². The molecule has 0 bridgehead atoms. The zero-order chi connectivity index (χ0) is 13.5. The molecular formula is C18H18N2. The summed E-state index contributed by atoms with van der Waals surface area (Å²) in [6, 6.07) is 16.3. The minimum atomic E-state index is 0.269. The lowest BCUT2D eigenvalue weighted by Gasteiger charge is -2.34. The lowest BCUT2D eigenvalue weighted by Crippen LogP contribution is -2.36. The highest BCUT2D eigenvalue weighted by Crippen LogP contribution is 2.41. The lowest BCUT2D eigenvalue weighted by atomic mass is 9.95. The highest BCUT2D eigenvalue weighted by molar-refractivity contribution is 5.91. The molecule has 4 rings (SSSR count). The predicted octanol–water partition coefficient (Wildman–Crippen LogP) is 3.67. The Morgan fingerprint density at radius 1 is 1.05 bits per heavy atom. The van der Waals surface area contributed by atoms with Gasteiger partial charge < -0.3 is 0 Å². The van der Waals surface area contributed by atoms with E-state index in [2.05, 4.69) is 47.4 Å². The van der Waals surface area contributed by atoms with E-state index < -0.39 is 0 Å². The molecule has 0 spiro atoms. The Morgan fingerprint density at radius 2 is 1.80 bits per heavy atom. The van der Waals surface area contributed by atoms with Crippen LogP contribution in [0.5, 0.6) is 0 Å². The fourth-order valence-corrected chi connectivity index (χ4v) is 3.88. The molecule has 20 heavy (non-hydrogen) atoms. The standard InChI is InChI=1S/C18H18N2/c19-12-13-7-9-20(10-8-13)17-11-15-5-1-3-14-4-2-6-16(17)18(14)15/h1-6,13,17H,7-11H2. The molecule has 2 aliphatic rings. The Hall–Kier alpha value is -1.85. The van der Waals surface area contributed by atoms with Gasteiger partial charge in [-0.15, -0.1) is 0 Å². The molecule has 0 saturated carbocycles. The highest BCUT2D eigenvalue weighted by atomic mass is 15.2. The number of nitriles is 1. The average molecular weight is 262 g/mol. The van der Waals surface area contributed by atoms with E-state index in [0.29, 0.717) is 6.04 Å². The molecule has 2 nitrogen and oxygen atoms in total. The van der Waals surface area contributed by atoms with Crippen LogP contribution in [0, 0.1) is 17.2 Å². The van der Waals surface area contributed by atoms with Gasteiger partial charge in [0.1, 0.15) is 0 Å². The van der Waals surface area contributed by atoms with Gasteiger partial charge >= 0.3 is 0 Å². The molecule has 1 unspecified atom stereocenters. The molecule has 1 atom stereocenters. The van der Waals surface area contributed by atoms with Crippen molar-refractivity contribution < 1.29 is 0 Å². The number of hydrogen-bond acceptors (Lipinski definition) is 2. The van der Waals surface area contributed by atoms with Crippen LogP contribution in [0.15, 0.2) is 36.4 Å². The average Bonchev–Trinajstić information content (AvgIpc) is 2.89. The van der Waals surface area contributed by atoms with Gasteiger partial charge in [0, 0.05) is 25.0 Å². The van der Waals surface area contributed by atoms with E-state index >= 15 is 0 Å². The Morgan fingerprint density at radius 3 is 2.55 bits per heavy atom. The van der Waals surface area contributed by atoms with Gasteiger partial charge in [-0.05, 0) is 41.2 Å². The van der Waals surface area contributed by atoms with E-state index in [9.17, 15) is 0 Å². The summed E-state index contributed by atoms with van der Waals surface area (Å²) in [5.41, 5.74) is 2.99. The highest BCUT2D eigenvalue weighted by Gasteiger charge is 2.31. The molecule has 100 valence electrons. The largest absolute Gasteiger partial charge is 0.296 e. The first kappa shape index (κ1) is 11.9. The zero-order valence-electron chi connectivity index (χ0n) is 11.5. The van der Waals surface area contributed by atoms with E-state index in [1.807, 2.05) is 0 Å². The second-order valence-corrected chi connectivity index (χ2v) is 6.02. The Kier molecular flexibility index (Phi) is 2.75. The Labute approximate surface area is 119 Å². The minimum Gasteiger partial charge on any atom is -0.296 e. The maximum Gasteiger partial charge on any atom is 0.0656 e. The van der Waals surface area contributed by atoms with E-state index in [1.54, 1.807) is 0 Å². The van der Waals surface area contributed by atoms with Crippen molar-refractivity contribution in [3.05, 3.63) is 47.5 Å². The molecular weight excluding hydrogens is 244 g/mol. The van der Waals surface area contributed by atoms with Crippen LogP contribution in [0.2, 0.25) is 0 Å². The van der Waals surface area contributed by atoms with Gasteiger partial charge in [-0.3, -0.25) is 4.90 Å². The molecule has 1 saturated heterocycles. The van der Waals surface area contributed by atoms with E-state index in [4.69, 9.17) is 5.26 Å². The predicted molar refractivity (Wildman–Crippen MR) is 80.3 cm³/mol. The smallest absolute Gasteiger partial charge is 0.0656 e. The monoisotopic (exact) mass is 262 g/mol. The summed E-state index contributed by atoms with van der Waals surface area (Å²) >= 11 is 0. The second kappa shape index (κ2) is 4.61. The van der Waals surface area contributed by atoms with Crippen LogP contribution in [0.3, 0.4) is 0 Å². The SMILES string of the molecule is N#CC1CCN(C2Cc3cccc4cccc2c34)CC1. The first-order valence-electron chi connectivity index (χ1n) is 7.51. The van der Waals surface area contributed by atoms with Gasteiger partial charge in [0.25, 0.3) is 0 Å². The fourth-order valence-electron chi connectivity index (χ4n) is 3.88. The molecule has 1 heterocycles. The maximum atomic E-state index is 9.04. The summed E-state index contributed by atoms with van der Waals surface area (Å²) < 4.78 is 0. The molecule has 1 aliphatic carbocycles. The van der Waals surface area contributed by atoms with Crippen molar-refractivity contribution in [3.63, 3.8) is 0 Å². The van der Waals surface area contributed by atoms with Gasteiger partial charge in [-0.1, -0.05) is 36.4 Å². The molecule has 2 heteroatoms. The van der Waals surface area contributed by atoms with Crippen LogP contribution in [0.25, 0.3) is 10.8 Å². The van der Waals surface area contributed by atoms with Crippen molar-refractivity contribution >= 4 is 10.8 Å². The number of likely N-dealkylation sites (tertiary alicyclic amines) is 1. The van der Waals surface area contributed by atoms with Crippen molar-refractivity contribution in [2.45, 2.75) is 25.3 Å². The number of rotatable bonds is 1. The van der Waals surface area contributed by atoms with Crippen LogP contribution in [0.1, 0.15) is 30.0 Å². The topological polar surface area (TPSA) is 27.0 Å². The van der Waals surface area contributed by atoms with Crippen LogP contribution in [-0.4, -0.2) is 18.0 Å². The third-order valence-electron chi connectivity index (χ3n) is 4.95. The third kappa shape index (κ3) is 1.74. The summed E-state index contributed by atoms with van der Waals surface area (Å²) in [6.45, 7) is 2.13. The second-order valence-electron chi connectivity index (χ2n) is 6.02. The van der Waals surface area contributed by atoms with Crippen LogP contribution in [-0.2, 0) is 6.42 Å². The normalized spacial score (nSPS) is 23.1. The Balaban J connectivity index is 1.68. The number of hydrogen-bond donors (Lipinski definition) is 0. The molecule has 1 fully saturated rings. The fraction of sp³-hybridized carbons (Fsp3) is 0.389. The molecule has 0 amide bonds. The van der Waals surface area contributed by atoms with Crippen LogP contribution in [0.4, 0.5) is 0 Å². The van der Waals surface area contributed by atoms with E-state index in [-0.39, 0.29) is 5.92 Å². The molecule has 2 aromatic rings. The van der Waals surface area contributed by atoms with Crippen LogP contribution < -0.4 is 0 Å². The third-order valence-corrected chi connectivity index (χ3v) is 4.95. The quantitative estimate of drug-likeness (QED) is 0.784. The lowest BCUT2D eigenvalue weighted by molar-refractivity contribution is 0.150. The van der Waals surface area contributed by atoms with Crippen molar-refractivity contribution in [3.8, 4) is 6.07 Å². The van der Waals surface area contributed by atoms with Crippen molar-refractivity contribution in [1.82, 2.24) is 4.90 Å². The zero-order valence-corrected chi connectivity index (χ0v) is 11.5. The minimum absolute atomic E-state index is 0.269. The van der Waals surface area contributed by atoms with Gasteiger partial charge in [0.2, 0.25) is 0 Å². The summed E-state index contributed by atoms with van der Waals surface area (Å²) in [4.78, 5) is 2.59. The van der Waals surface area contributed by atoms with E-state index in [0.717, 1.165) is 32.4 Å². The van der Waals surface area contributed by atoms with Gasteiger partial charge in [0.05, 0.1) is 6.07 Å². The van der Waals surface area contributed by atoms with Crippen LogP contribution >= 0.6 is 0 Å². The van der Waals surface area contributed by atoms with Crippen molar-refractivity contribution in [2.75, 3.05) is 13.1 Å². The summed E-state index contributed by atoms with van der Waals surface area (Å²) in [5, 5.41) is 11.9. The summed E-state index contributed by atoms with van der Waals surface area (Å²) in [7, 11) is 0. The first-order valence-corrected chi connectivity index (χ1v) is 7.51. The van der Waals surface area contributed by atoms with E-state index in [1.165, 1.54) is 21.9 Å².